The molecule has 2 saturated heterocycles. The van der Waals surface area contributed by atoms with Gasteiger partial charge in [-0.15, -0.1) is 0 Å². The lowest BCUT2D eigenvalue weighted by Gasteiger charge is -2.39. The normalized spacial score (nSPS) is 27.6. The molecule has 0 N–H and O–H groups in total. The molecule has 0 radical (unpaired) electrons. The highest BCUT2D eigenvalue weighted by Gasteiger charge is 2.45. The molecule has 1 aromatic carbocycles. The Kier molecular flexibility index (Phi) is 4.88. The van der Waals surface area contributed by atoms with Crippen molar-refractivity contribution >= 4 is 5.91 Å². The van der Waals surface area contributed by atoms with Gasteiger partial charge in [-0.25, -0.2) is 8.78 Å². The van der Waals surface area contributed by atoms with E-state index in [-0.39, 0.29) is 17.4 Å². The van der Waals surface area contributed by atoms with Crippen molar-refractivity contribution < 1.29 is 18.3 Å². The van der Waals surface area contributed by atoms with Gasteiger partial charge in [0, 0.05) is 32.6 Å². The first-order valence-corrected chi connectivity index (χ1v) is 8.38. The third-order valence-corrected chi connectivity index (χ3v) is 5.06. The first-order chi connectivity index (χ1) is 11.4. The Morgan fingerprint density at radius 2 is 2.17 bits per heavy atom. The topological polar surface area (TPSA) is 32.8 Å². The number of hydrogen-bond donors (Lipinski definition) is 0. The highest BCUT2D eigenvalue weighted by Crippen LogP contribution is 2.41. The van der Waals surface area contributed by atoms with Crippen LogP contribution in [0.1, 0.15) is 24.8 Å². The fraction of sp³-hybridized carbons (Fsp3) is 0.611. The van der Waals surface area contributed by atoms with E-state index < -0.39 is 11.6 Å². The van der Waals surface area contributed by atoms with Crippen molar-refractivity contribution in [1.29, 1.82) is 0 Å². The molecule has 1 spiro atoms. The van der Waals surface area contributed by atoms with Crippen molar-refractivity contribution in [2.75, 3.05) is 33.8 Å². The first kappa shape index (κ1) is 17.3. The Hall–Kier alpha value is -1.53. The molecule has 0 aromatic heterocycles. The highest BCUT2D eigenvalue weighted by atomic mass is 19.2. The van der Waals surface area contributed by atoms with Crippen LogP contribution >= 0.6 is 0 Å². The molecule has 2 heterocycles. The number of hydrogen-bond acceptors (Lipinski definition) is 3. The van der Waals surface area contributed by atoms with E-state index in [1.165, 1.54) is 12.1 Å². The summed E-state index contributed by atoms with van der Waals surface area (Å²) in [6.07, 6.45) is 2.44. The van der Waals surface area contributed by atoms with Crippen LogP contribution in [-0.2, 0) is 16.1 Å². The summed E-state index contributed by atoms with van der Waals surface area (Å²) in [6.45, 7) is 2.92. The number of rotatable bonds is 3. The smallest absolute Gasteiger partial charge is 0.251 e. The summed E-state index contributed by atoms with van der Waals surface area (Å²) >= 11 is 0. The van der Waals surface area contributed by atoms with E-state index in [4.69, 9.17) is 4.74 Å². The fourth-order valence-electron chi connectivity index (χ4n) is 3.86. The third-order valence-electron chi connectivity index (χ3n) is 5.06. The molecule has 1 amide bonds. The number of piperidine rings is 1. The summed E-state index contributed by atoms with van der Waals surface area (Å²) in [4.78, 5) is 16.0. The van der Waals surface area contributed by atoms with E-state index >= 15 is 0 Å². The molecule has 0 bridgehead atoms. The zero-order chi connectivity index (χ0) is 17.3. The van der Waals surface area contributed by atoms with Crippen molar-refractivity contribution in [1.82, 2.24) is 9.80 Å². The van der Waals surface area contributed by atoms with E-state index in [0.717, 1.165) is 37.9 Å². The van der Waals surface area contributed by atoms with Crippen LogP contribution in [0.2, 0.25) is 0 Å². The summed E-state index contributed by atoms with van der Waals surface area (Å²) in [7, 11) is 3.49. The molecule has 4 nitrogen and oxygen atoms in total. The van der Waals surface area contributed by atoms with Gasteiger partial charge in [0.05, 0.1) is 6.61 Å². The largest absolute Gasteiger partial charge is 0.368 e. The SMILES string of the molecule is CN(C)C(=O)C1CC2(CCCN(Cc3ccc(F)c(F)c3)C2)CO1. The van der Waals surface area contributed by atoms with Gasteiger partial charge in [0.1, 0.15) is 6.10 Å². The van der Waals surface area contributed by atoms with Crippen molar-refractivity contribution in [2.45, 2.75) is 31.9 Å². The van der Waals surface area contributed by atoms with Crippen molar-refractivity contribution in [3.8, 4) is 0 Å². The Morgan fingerprint density at radius 3 is 2.88 bits per heavy atom. The van der Waals surface area contributed by atoms with Gasteiger partial charge in [-0.3, -0.25) is 9.69 Å². The number of carbonyl (C=O) groups excluding carboxylic acids is 1. The fourth-order valence-corrected chi connectivity index (χ4v) is 3.86. The number of carbonyl (C=O) groups is 1. The van der Waals surface area contributed by atoms with E-state index in [9.17, 15) is 13.6 Å². The zero-order valence-electron chi connectivity index (χ0n) is 14.2. The molecule has 24 heavy (non-hydrogen) atoms. The standard InChI is InChI=1S/C18H24F2N2O2/c1-21(2)17(23)16-9-18(12-24-16)6-3-7-22(11-18)10-13-4-5-14(19)15(20)8-13/h4-5,8,16H,3,6-7,9-12H2,1-2H3. The Morgan fingerprint density at radius 1 is 1.38 bits per heavy atom. The molecule has 2 unspecified atom stereocenters. The van der Waals surface area contributed by atoms with Gasteiger partial charge in [-0.1, -0.05) is 6.07 Å². The maximum atomic E-state index is 13.4. The molecule has 3 rings (SSSR count). The summed E-state index contributed by atoms with van der Waals surface area (Å²) in [6, 6.07) is 4.07. The molecule has 2 aliphatic rings. The maximum absolute atomic E-state index is 13.4. The van der Waals surface area contributed by atoms with E-state index in [1.54, 1.807) is 25.1 Å². The molecule has 0 aliphatic carbocycles. The molecule has 2 fully saturated rings. The van der Waals surface area contributed by atoms with Crippen molar-refractivity contribution in [3.05, 3.63) is 35.4 Å². The monoisotopic (exact) mass is 338 g/mol. The minimum Gasteiger partial charge on any atom is -0.368 e. The third kappa shape index (κ3) is 3.59. The van der Waals surface area contributed by atoms with Gasteiger partial charge in [0.25, 0.3) is 5.91 Å². The number of ether oxygens (including phenoxy) is 1. The van der Waals surface area contributed by atoms with Crippen molar-refractivity contribution in [2.24, 2.45) is 5.41 Å². The molecule has 2 aliphatic heterocycles. The second-order valence-corrected chi connectivity index (χ2v) is 7.30. The van der Waals surface area contributed by atoms with E-state index in [0.29, 0.717) is 13.2 Å². The lowest BCUT2D eigenvalue weighted by Crippen LogP contribution is -2.44. The number of likely N-dealkylation sites (N-methyl/N-ethyl adjacent to an activating group) is 1. The van der Waals surface area contributed by atoms with Gasteiger partial charge in [-0.05, 0) is 43.5 Å². The van der Waals surface area contributed by atoms with E-state index in [1.807, 2.05) is 0 Å². The van der Waals surface area contributed by atoms with Gasteiger partial charge in [-0.2, -0.15) is 0 Å². The van der Waals surface area contributed by atoms with Crippen LogP contribution in [0, 0.1) is 17.0 Å². The van der Waals surface area contributed by atoms with Crippen LogP contribution in [0.5, 0.6) is 0 Å². The van der Waals surface area contributed by atoms with Crippen LogP contribution < -0.4 is 0 Å². The maximum Gasteiger partial charge on any atom is 0.251 e. The van der Waals surface area contributed by atoms with E-state index in [2.05, 4.69) is 4.90 Å². The quantitative estimate of drug-likeness (QED) is 0.849. The van der Waals surface area contributed by atoms with Gasteiger partial charge < -0.3 is 9.64 Å². The number of amides is 1. The van der Waals surface area contributed by atoms with Gasteiger partial charge in [0.2, 0.25) is 0 Å². The number of nitrogens with zero attached hydrogens (tertiary/aromatic N) is 2. The number of benzene rings is 1. The highest BCUT2D eigenvalue weighted by molar-refractivity contribution is 5.80. The second-order valence-electron chi connectivity index (χ2n) is 7.30. The molecular formula is C18H24F2N2O2. The summed E-state index contributed by atoms with van der Waals surface area (Å²) in [5.41, 5.74) is 0.762. The van der Waals surface area contributed by atoms with Gasteiger partial charge in [0.15, 0.2) is 11.6 Å². The van der Waals surface area contributed by atoms with Gasteiger partial charge >= 0.3 is 0 Å². The summed E-state index contributed by atoms with van der Waals surface area (Å²) < 4.78 is 32.2. The molecule has 1 aromatic rings. The lowest BCUT2D eigenvalue weighted by atomic mass is 9.78. The van der Waals surface area contributed by atoms with Crippen LogP contribution in [0.25, 0.3) is 0 Å². The minimum atomic E-state index is -0.817. The lowest BCUT2D eigenvalue weighted by molar-refractivity contribution is -0.138. The molecule has 0 saturated carbocycles. The predicted molar refractivity (Wildman–Crippen MR) is 86.4 cm³/mol. The number of halogens is 2. The zero-order valence-corrected chi connectivity index (χ0v) is 14.2. The van der Waals surface area contributed by atoms with Crippen molar-refractivity contribution in [3.63, 3.8) is 0 Å². The molecule has 132 valence electrons. The van der Waals surface area contributed by atoms with Crippen LogP contribution in [0.4, 0.5) is 8.78 Å². The van der Waals surface area contributed by atoms with Crippen LogP contribution in [0.3, 0.4) is 0 Å². The Balaban J connectivity index is 1.64. The minimum absolute atomic E-state index is 0.00678. The Bertz CT molecular complexity index is 623. The Labute approximate surface area is 141 Å². The number of likely N-dealkylation sites (tertiary alicyclic amines) is 1. The first-order valence-electron chi connectivity index (χ1n) is 8.38. The van der Waals surface area contributed by atoms with Crippen LogP contribution in [0.15, 0.2) is 18.2 Å². The molecular weight excluding hydrogens is 314 g/mol. The summed E-state index contributed by atoms with van der Waals surface area (Å²) in [5.74, 6) is -1.60. The average molecular weight is 338 g/mol. The van der Waals surface area contributed by atoms with Crippen LogP contribution in [-0.4, -0.2) is 55.6 Å². The predicted octanol–water partition coefficient (Wildman–Crippen LogP) is 2.42. The molecule has 6 heteroatoms. The average Bonchev–Trinajstić information content (AvgIpc) is 2.93. The molecule has 2 atom stereocenters. The summed E-state index contributed by atoms with van der Waals surface area (Å²) in [5, 5.41) is 0. The second kappa shape index (κ2) is 6.76.